The van der Waals surface area contributed by atoms with Gasteiger partial charge in [0.1, 0.15) is 11.3 Å². The van der Waals surface area contributed by atoms with E-state index >= 15 is 0 Å². The van der Waals surface area contributed by atoms with Crippen molar-refractivity contribution in [1.29, 1.82) is 0 Å². The van der Waals surface area contributed by atoms with Gasteiger partial charge in [-0.1, -0.05) is 0 Å². The van der Waals surface area contributed by atoms with Gasteiger partial charge in [-0.05, 0) is 25.0 Å². The van der Waals surface area contributed by atoms with E-state index < -0.39 is 0 Å². The number of nitrogens with zero attached hydrogens (tertiary/aromatic N) is 3. The largest absolute Gasteiger partial charge is 0.469 e. The highest BCUT2D eigenvalue weighted by Crippen LogP contribution is 2.30. The second-order valence-electron chi connectivity index (χ2n) is 5.16. The monoisotopic (exact) mass is 282 g/mol. The smallest absolute Gasteiger partial charge is 0.257 e. The first-order chi connectivity index (χ1) is 10.3. The third-order valence-corrected chi connectivity index (χ3v) is 3.88. The highest BCUT2D eigenvalue weighted by atomic mass is 16.3. The van der Waals surface area contributed by atoms with Gasteiger partial charge in [-0.25, -0.2) is 9.50 Å². The number of aryl methyl sites for hydroxylation is 1. The van der Waals surface area contributed by atoms with Crippen LogP contribution < -0.4 is 5.32 Å². The molecule has 0 saturated heterocycles. The van der Waals surface area contributed by atoms with E-state index in [1.807, 2.05) is 6.07 Å². The summed E-state index contributed by atoms with van der Waals surface area (Å²) in [4.78, 5) is 16.7. The number of carbonyl (C=O) groups excluding carboxylic acids is 1. The van der Waals surface area contributed by atoms with Crippen molar-refractivity contribution >= 4 is 11.6 Å². The van der Waals surface area contributed by atoms with Crippen LogP contribution in [0.15, 0.2) is 41.4 Å². The Bertz CT molecular complexity index is 805. The number of furan rings is 1. The second-order valence-corrected chi connectivity index (χ2v) is 5.16. The summed E-state index contributed by atoms with van der Waals surface area (Å²) in [5.41, 5.74) is 2.14. The minimum Gasteiger partial charge on any atom is -0.469 e. The van der Waals surface area contributed by atoms with E-state index in [2.05, 4.69) is 15.4 Å². The van der Waals surface area contributed by atoms with Crippen LogP contribution in [0.4, 0.5) is 0 Å². The molecule has 0 aromatic carbocycles. The maximum Gasteiger partial charge on any atom is 0.257 e. The normalized spacial score (nSPS) is 17.6. The van der Waals surface area contributed by atoms with Crippen LogP contribution in [0.25, 0.3) is 5.65 Å². The maximum atomic E-state index is 12.5. The molecule has 1 aliphatic rings. The van der Waals surface area contributed by atoms with Gasteiger partial charge in [0.2, 0.25) is 0 Å². The Morgan fingerprint density at radius 1 is 1.48 bits per heavy atom. The number of aromatic nitrogens is 3. The Balaban J connectivity index is 1.62. The fourth-order valence-electron chi connectivity index (χ4n) is 2.86. The van der Waals surface area contributed by atoms with Gasteiger partial charge in [0.15, 0.2) is 5.65 Å². The van der Waals surface area contributed by atoms with Crippen molar-refractivity contribution in [2.45, 2.75) is 25.3 Å². The standard InChI is InChI=1S/C15H14N4O2/c20-15(11-9-17-19-7-2-6-16-14(11)19)18-12-3-1-4-13-10(12)5-8-21-13/h2,5-9,12H,1,3-4H2,(H,18,20). The molecule has 0 bridgehead atoms. The van der Waals surface area contributed by atoms with Crippen molar-refractivity contribution in [3.05, 3.63) is 53.9 Å². The Kier molecular flexibility index (Phi) is 2.73. The van der Waals surface area contributed by atoms with Crippen molar-refractivity contribution in [2.75, 3.05) is 0 Å². The van der Waals surface area contributed by atoms with Crippen molar-refractivity contribution < 1.29 is 9.21 Å². The quantitative estimate of drug-likeness (QED) is 0.781. The van der Waals surface area contributed by atoms with Crippen molar-refractivity contribution in [2.24, 2.45) is 0 Å². The molecule has 0 fully saturated rings. The molecule has 1 aliphatic carbocycles. The van der Waals surface area contributed by atoms with Gasteiger partial charge in [0, 0.05) is 24.4 Å². The number of fused-ring (bicyclic) bond motifs is 2. The molecule has 3 aromatic heterocycles. The molecule has 4 rings (SSSR count). The summed E-state index contributed by atoms with van der Waals surface area (Å²) in [5.74, 6) is 0.826. The first kappa shape index (κ1) is 12.1. The average molecular weight is 282 g/mol. The lowest BCUT2D eigenvalue weighted by molar-refractivity contribution is 0.0933. The van der Waals surface area contributed by atoms with Gasteiger partial charge in [0.25, 0.3) is 5.91 Å². The zero-order chi connectivity index (χ0) is 14.2. The van der Waals surface area contributed by atoms with Crippen molar-refractivity contribution in [3.8, 4) is 0 Å². The first-order valence-electron chi connectivity index (χ1n) is 6.98. The summed E-state index contributed by atoms with van der Waals surface area (Å²) >= 11 is 0. The third-order valence-electron chi connectivity index (χ3n) is 3.88. The molecule has 3 heterocycles. The van der Waals surface area contributed by atoms with Crippen LogP contribution in [0.2, 0.25) is 0 Å². The van der Waals surface area contributed by atoms with Crippen LogP contribution >= 0.6 is 0 Å². The number of amides is 1. The topological polar surface area (TPSA) is 72.4 Å². The molecule has 1 atom stereocenters. The lowest BCUT2D eigenvalue weighted by Crippen LogP contribution is -2.30. The molecule has 6 nitrogen and oxygen atoms in total. The Morgan fingerprint density at radius 2 is 2.43 bits per heavy atom. The van der Waals surface area contributed by atoms with Crippen LogP contribution in [0.1, 0.15) is 40.6 Å². The summed E-state index contributed by atoms with van der Waals surface area (Å²) in [6, 6.07) is 3.72. The van der Waals surface area contributed by atoms with Crippen LogP contribution in [0, 0.1) is 0 Å². The zero-order valence-electron chi connectivity index (χ0n) is 11.3. The van der Waals surface area contributed by atoms with E-state index in [1.165, 1.54) is 0 Å². The van der Waals surface area contributed by atoms with Gasteiger partial charge >= 0.3 is 0 Å². The summed E-state index contributed by atoms with van der Waals surface area (Å²) in [6.07, 6.45) is 9.54. The second kappa shape index (κ2) is 4.73. The Labute approximate surface area is 120 Å². The number of nitrogens with one attached hydrogen (secondary N) is 1. The number of hydrogen-bond donors (Lipinski definition) is 1. The number of carbonyl (C=O) groups is 1. The van der Waals surface area contributed by atoms with Gasteiger partial charge in [0.05, 0.1) is 18.5 Å². The fourth-order valence-corrected chi connectivity index (χ4v) is 2.86. The Hall–Kier alpha value is -2.63. The predicted molar refractivity (Wildman–Crippen MR) is 74.8 cm³/mol. The molecule has 1 unspecified atom stereocenters. The van der Waals surface area contributed by atoms with E-state index in [0.29, 0.717) is 11.2 Å². The summed E-state index contributed by atoms with van der Waals surface area (Å²) < 4.78 is 7.04. The fraction of sp³-hybridized carbons (Fsp3) is 0.267. The molecule has 0 radical (unpaired) electrons. The van der Waals surface area contributed by atoms with Crippen molar-refractivity contribution in [1.82, 2.24) is 19.9 Å². The third kappa shape index (κ3) is 1.99. The highest BCUT2D eigenvalue weighted by Gasteiger charge is 2.25. The molecule has 1 amide bonds. The molecule has 106 valence electrons. The summed E-state index contributed by atoms with van der Waals surface area (Å²) in [5, 5.41) is 7.21. The van der Waals surface area contributed by atoms with Crippen molar-refractivity contribution in [3.63, 3.8) is 0 Å². The minimum absolute atomic E-state index is 0.00124. The molecule has 6 heteroatoms. The van der Waals surface area contributed by atoms with Crippen LogP contribution in [0.3, 0.4) is 0 Å². The summed E-state index contributed by atoms with van der Waals surface area (Å²) in [6.45, 7) is 0. The molecular weight excluding hydrogens is 268 g/mol. The number of rotatable bonds is 2. The first-order valence-corrected chi connectivity index (χ1v) is 6.98. The number of hydrogen-bond acceptors (Lipinski definition) is 4. The molecule has 21 heavy (non-hydrogen) atoms. The van der Waals surface area contributed by atoms with Crippen LogP contribution in [-0.4, -0.2) is 20.5 Å². The highest BCUT2D eigenvalue weighted by molar-refractivity contribution is 5.99. The SMILES string of the molecule is O=C(NC1CCCc2occc21)c1cnn2cccnc12. The predicted octanol–water partition coefficient (Wildman–Crippen LogP) is 2.13. The minimum atomic E-state index is -0.150. The van der Waals surface area contributed by atoms with Crippen LogP contribution in [-0.2, 0) is 6.42 Å². The molecule has 0 spiro atoms. The molecule has 0 aliphatic heterocycles. The Morgan fingerprint density at radius 3 is 3.38 bits per heavy atom. The average Bonchev–Trinajstić information content (AvgIpc) is 3.14. The van der Waals surface area contributed by atoms with E-state index in [4.69, 9.17) is 4.42 Å². The molecule has 0 saturated carbocycles. The van der Waals surface area contributed by atoms with Gasteiger partial charge in [-0.15, -0.1) is 0 Å². The lowest BCUT2D eigenvalue weighted by Gasteiger charge is -2.22. The molecule has 1 N–H and O–H groups in total. The molecular formula is C15H14N4O2. The van der Waals surface area contributed by atoms with Gasteiger partial charge in [-0.2, -0.15) is 5.10 Å². The summed E-state index contributed by atoms with van der Waals surface area (Å²) in [7, 11) is 0. The van der Waals surface area contributed by atoms with Gasteiger partial charge in [-0.3, -0.25) is 4.79 Å². The lowest BCUT2D eigenvalue weighted by atomic mass is 9.93. The van der Waals surface area contributed by atoms with E-state index in [0.717, 1.165) is 30.6 Å². The van der Waals surface area contributed by atoms with Crippen LogP contribution in [0.5, 0.6) is 0 Å². The van der Waals surface area contributed by atoms with E-state index in [1.54, 1.807) is 35.4 Å². The maximum absolute atomic E-state index is 12.5. The van der Waals surface area contributed by atoms with E-state index in [-0.39, 0.29) is 11.9 Å². The van der Waals surface area contributed by atoms with E-state index in [9.17, 15) is 4.79 Å². The van der Waals surface area contributed by atoms with Gasteiger partial charge < -0.3 is 9.73 Å². The zero-order valence-corrected chi connectivity index (χ0v) is 11.3. The molecule has 3 aromatic rings.